The van der Waals surface area contributed by atoms with Crippen molar-refractivity contribution < 1.29 is 19.2 Å². The van der Waals surface area contributed by atoms with E-state index in [1.807, 2.05) is 30.9 Å². The van der Waals surface area contributed by atoms with Crippen molar-refractivity contribution in [3.8, 4) is 34.7 Å². The first-order valence-corrected chi connectivity index (χ1v) is 11.6. The molecule has 1 amide bonds. The number of aliphatic hydroxyl groups excluding tert-OH is 1. The third kappa shape index (κ3) is 3.53. The average Bonchev–Trinajstić information content (AvgIpc) is 3.54. The van der Waals surface area contributed by atoms with Crippen LogP contribution >= 0.6 is 0 Å². The summed E-state index contributed by atoms with van der Waals surface area (Å²) >= 11 is 0. The zero-order chi connectivity index (χ0) is 23.9. The summed E-state index contributed by atoms with van der Waals surface area (Å²) in [5, 5.41) is 23.3. The van der Waals surface area contributed by atoms with Crippen LogP contribution in [0.15, 0.2) is 40.9 Å². The molecule has 1 N–H and O–H groups in total. The second-order valence-corrected chi connectivity index (χ2v) is 9.04. The molecule has 3 aromatic rings. The molecular weight excluding hydrogens is 432 g/mol. The molecule has 1 aliphatic heterocycles. The number of hydrogen-bond acceptors (Lipinski definition) is 7. The molecule has 2 aliphatic rings. The molecule has 2 heterocycles. The van der Waals surface area contributed by atoms with Crippen molar-refractivity contribution >= 4 is 5.91 Å². The number of aliphatic hydroxyl groups is 1. The lowest BCUT2D eigenvalue weighted by atomic mass is 9.88. The smallest absolute Gasteiger partial charge is 0.258 e. The molecule has 5 rings (SSSR count). The normalized spacial score (nSPS) is 19.1. The molecule has 1 saturated heterocycles. The van der Waals surface area contributed by atoms with E-state index in [-0.39, 0.29) is 24.2 Å². The fourth-order valence-corrected chi connectivity index (χ4v) is 5.33. The third-order valence-corrected chi connectivity index (χ3v) is 6.74. The topological polar surface area (TPSA) is 112 Å². The van der Waals surface area contributed by atoms with Gasteiger partial charge in [0.2, 0.25) is 11.7 Å². The maximum absolute atomic E-state index is 12.5. The van der Waals surface area contributed by atoms with Gasteiger partial charge in [0, 0.05) is 24.1 Å². The van der Waals surface area contributed by atoms with Crippen molar-refractivity contribution in [1.82, 2.24) is 15.0 Å². The van der Waals surface area contributed by atoms with Gasteiger partial charge in [-0.15, -0.1) is 0 Å². The van der Waals surface area contributed by atoms with Gasteiger partial charge in [0.25, 0.3) is 5.89 Å². The minimum absolute atomic E-state index is 0.0418. The molecule has 0 bridgehead atoms. The van der Waals surface area contributed by atoms with E-state index in [0.717, 1.165) is 36.0 Å². The predicted molar refractivity (Wildman–Crippen MR) is 124 cm³/mol. The van der Waals surface area contributed by atoms with Gasteiger partial charge in [-0.1, -0.05) is 23.4 Å². The lowest BCUT2D eigenvalue weighted by molar-refractivity contribution is -0.132. The lowest BCUT2D eigenvalue weighted by Gasteiger charge is -2.36. The van der Waals surface area contributed by atoms with Gasteiger partial charge in [0.15, 0.2) is 0 Å². The van der Waals surface area contributed by atoms with Crippen LogP contribution < -0.4 is 4.74 Å². The van der Waals surface area contributed by atoms with Gasteiger partial charge in [0.05, 0.1) is 23.8 Å². The number of nitriles is 1. The van der Waals surface area contributed by atoms with Crippen LogP contribution in [0.3, 0.4) is 0 Å². The van der Waals surface area contributed by atoms with E-state index < -0.39 is 0 Å². The number of ether oxygens (including phenoxy) is 1. The first kappa shape index (κ1) is 22.1. The van der Waals surface area contributed by atoms with E-state index >= 15 is 0 Å². The van der Waals surface area contributed by atoms with Crippen LogP contribution in [-0.4, -0.2) is 45.3 Å². The monoisotopic (exact) mass is 458 g/mol. The summed E-state index contributed by atoms with van der Waals surface area (Å²) in [6.07, 6.45) is 2.82. The zero-order valence-electron chi connectivity index (χ0n) is 19.2. The largest absolute Gasteiger partial charge is 0.490 e. The van der Waals surface area contributed by atoms with Crippen LogP contribution in [0.4, 0.5) is 0 Å². The van der Waals surface area contributed by atoms with Gasteiger partial charge in [-0.3, -0.25) is 4.79 Å². The Morgan fingerprint density at radius 3 is 2.85 bits per heavy atom. The van der Waals surface area contributed by atoms with Crippen LogP contribution in [0.1, 0.15) is 49.8 Å². The number of hydrogen-bond donors (Lipinski definition) is 1. The molecule has 34 heavy (non-hydrogen) atoms. The van der Waals surface area contributed by atoms with Gasteiger partial charge < -0.3 is 19.3 Å². The number of nitrogens with zero attached hydrogens (tertiary/aromatic N) is 4. The maximum atomic E-state index is 12.5. The van der Waals surface area contributed by atoms with Crippen molar-refractivity contribution in [2.45, 2.75) is 51.2 Å². The summed E-state index contributed by atoms with van der Waals surface area (Å²) in [5.41, 5.74) is 3.79. The predicted octanol–water partition coefficient (Wildman–Crippen LogP) is 3.82. The summed E-state index contributed by atoms with van der Waals surface area (Å²) in [7, 11) is 0. The van der Waals surface area contributed by atoms with Crippen LogP contribution in [0, 0.1) is 11.3 Å². The van der Waals surface area contributed by atoms with E-state index in [1.165, 1.54) is 0 Å². The second kappa shape index (κ2) is 8.58. The van der Waals surface area contributed by atoms with E-state index in [2.05, 4.69) is 22.3 Å². The Hall–Kier alpha value is -3.70. The Morgan fingerprint density at radius 1 is 1.26 bits per heavy atom. The Labute approximate surface area is 197 Å². The van der Waals surface area contributed by atoms with Crippen molar-refractivity contribution in [3.05, 3.63) is 53.1 Å². The van der Waals surface area contributed by atoms with Gasteiger partial charge in [-0.2, -0.15) is 10.2 Å². The van der Waals surface area contributed by atoms with Crippen LogP contribution in [-0.2, 0) is 16.8 Å². The molecule has 0 saturated carbocycles. The molecule has 174 valence electrons. The molecule has 1 spiro atoms. The molecule has 0 unspecified atom stereocenters. The van der Waals surface area contributed by atoms with E-state index in [4.69, 9.17) is 9.26 Å². The number of carbonyl (C=O) groups excluding carboxylic acids is 1. The van der Waals surface area contributed by atoms with Gasteiger partial charge >= 0.3 is 0 Å². The molecule has 1 atom stereocenters. The lowest BCUT2D eigenvalue weighted by Crippen LogP contribution is -2.43. The summed E-state index contributed by atoms with van der Waals surface area (Å²) in [6.45, 7) is 4.10. The van der Waals surface area contributed by atoms with Gasteiger partial charge in [0.1, 0.15) is 11.8 Å². The van der Waals surface area contributed by atoms with Crippen LogP contribution in [0.2, 0.25) is 0 Å². The quantitative estimate of drug-likeness (QED) is 0.597. The summed E-state index contributed by atoms with van der Waals surface area (Å²) in [6, 6.07) is 13.4. The summed E-state index contributed by atoms with van der Waals surface area (Å²) in [5.74, 6) is 1.41. The van der Waals surface area contributed by atoms with Crippen molar-refractivity contribution in [2.75, 3.05) is 13.2 Å². The number of rotatable bonds is 6. The molecular formula is C26H26N4O4. The van der Waals surface area contributed by atoms with Gasteiger partial charge in [-0.25, -0.2) is 0 Å². The first-order valence-electron chi connectivity index (χ1n) is 11.6. The highest BCUT2D eigenvalue weighted by molar-refractivity contribution is 5.81. The number of likely N-dealkylation sites (tertiary alicyclic amines) is 1. The Morgan fingerprint density at radius 2 is 2.09 bits per heavy atom. The molecule has 1 fully saturated rings. The fraction of sp³-hybridized carbons (Fsp3) is 0.385. The number of benzene rings is 2. The third-order valence-electron chi connectivity index (χ3n) is 6.74. The van der Waals surface area contributed by atoms with Crippen molar-refractivity contribution in [3.63, 3.8) is 0 Å². The Kier molecular flexibility index (Phi) is 5.58. The minimum atomic E-state index is -0.369. The highest BCUT2D eigenvalue weighted by atomic mass is 16.5. The Balaban J connectivity index is 1.50. The molecule has 2 aromatic carbocycles. The van der Waals surface area contributed by atoms with Crippen molar-refractivity contribution in [1.29, 1.82) is 5.26 Å². The van der Waals surface area contributed by atoms with Gasteiger partial charge in [-0.05, 0) is 62.4 Å². The standard InChI is InChI=1S/C26H26N4O4/c1-16(2)33-22-7-6-17(14-18(22)15-27)25-28-24(29-34-25)20-4-3-5-21-19(20)8-10-26(21)11-9-23(32)30(26)12-13-31/h3-7,14,16,31H,8-13H2,1-2H3/t26-/m0/s1. The molecule has 1 aliphatic carbocycles. The van der Waals surface area contributed by atoms with Crippen molar-refractivity contribution in [2.24, 2.45) is 0 Å². The number of amides is 1. The Bertz CT molecular complexity index is 1290. The molecule has 8 nitrogen and oxygen atoms in total. The van der Waals surface area contributed by atoms with Crippen LogP contribution in [0.25, 0.3) is 22.8 Å². The molecule has 0 radical (unpaired) electrons. The average molecular weight is 459 g/mol. The molecule has 1 aromatic heterocycles. The first-order chi connectivity index (χ1) is 16.5. The number of aromatic nitrogens is 2. The molecule has 8 heteroatoms. The number of carbonyl (C=O) groups is 1. The highest BCUT2D eigenvalue weighted by Crippen LogP contribution is 2.50. The van der Waals surface area contributed by atoms with E-state index in [1.54, 1.807) is 18.2 Å². The number of fused-ring (bicyclic) bond motifs is 2. The zero-order valence-corrected chi connectivity index (χ0v) is 19.2. The van der Waals surface area contributed by atoms with E-state index in [9.17, 15) is 15.2 Å². The second-order valence-electron chi connectivity index (χ2n) is 9.04. The number of β-amino-alcohol motifs (C(OH)–C–C–N with tert-alkyl or cyclic N) is 1. The summed E-state index contributed by atoms with van der Waals surface area (Å²) in [4.78, 5) is 19.0. The highest BCUT2D eigenvalue weighted by Gasteiger charge is 2.50. The van der Waals surface area contributed by atoms with Crippen LogP contribution in [0.5, 0.6) is 5.75 Å². The maximum Gasteiger partial charge on any atom is 0.258 e. The minimum Gasteiger partial charge on any atom is -0.490 e. The van der Waals surface area contributed by atoms with E-state index in [0.29, 0.717) is 41.6 Å². The fourth-order valence-electron chi connectivity index (χ4n) is 5.33. The SMILES string of the molecule is CC(C)Oc1ccc(-c2nc(-c3cccc4c3CC[C@]43CCC(=O)N3CCO)no2)cc1C#N. The summed E-state index contributed by atoms with van der Waals surface area (Å²) < 4.78 is 11.3.